The van der Waals surface area contributed by atoms with Gasteiger partial charge in [-0.1, -0.05) is 30.3 Å². The van der Waals surface area contributed by atoms with Crippen molar-refractivity contribution in [3.05, 3.63) is 42.5 Å². The first-order valence-corrected chi connectivity index (χ1v) is 5.34. The quantitative estimate of drug-likeness (QED) is 0.755. The molecule has 1 heterocycles. The molecule has 1 fully saturated rings. The number of nitrogens with one attached hydrogen (secondary N) is 1. The van der Waals surface area contributed by atoms with Crippen molar-refractivity contribution in [2.75, 3.05) is 11.4 Å². The van der Waals surface area contributed by atoms with Gasteiger partial charge >= 0.3 is 6.03 Å². The van der Waals surface area contributed by atoms with Gasteiger partial charge in [0.05, 0.1) is 0 Å². The normalized spacial score (nSPS) is 15.4. The highest BCUT2D eigenvalue weighted by Crippen LogP contribution is 2.23. The molecule has 0 aromatic heterocycles. The van der Waals surface area contributed by atoms with E-state index in [1.165, 1.54) is 4.90 Å². The Morgan fingerprint density at radius 3 is 2.47 bits per heavy atom. The summed E-state index contributed by atoms with van der Waals surface area (Å²) in [5.74, 6) is -0.261. The lowest BCUT2D eigenvalue weighted by molar-refractivity contribution is -0.117. The zero-order valence-electron chi connectivity index (χ0n) is 9.01. The van der Waals surface area contributed by atoms with E-state index in [1.54, 1.807) is 0 Å². The lowest BCUT2D eigenvalue weighted by Gasteiger charge is -2.13. The maximum Gasteiger partial charge on any atom is 0.329 e. The van der Waals surface area contributed by atoms with Crippen LogP contribution in [0.4, 0.5) is 10.5 Å². The minimum absolute atomic E-state index is 0.0944. The highest BCUT2D eigenvalue weighted by atomic mass is 16.2. The molecule has 0 spiro atoms. The van der Waals surface area contributed by atoms with Crippen LogP contribution in [0.3, 0.4) is 0 Å². The molecular formula is C13H10N2O2. The summed E-state index contributed by atoms with van der Waals surface area (Å²) in [4.78, 5) is 24.1. The fourth-order valence-corrected chi connectivity index (χ4v) is 1.99. The molecule has 0 saturated carbocycles. The molecule has 2 aromatic rings. The third kappa shape index (κ3) is 1.63. The number of nitrogens with zero attached hydrogens (tertiary/aromatic N) is 1. The molecular weight excluding hydrogens is 216 g/mol. The summed E-state index contributed by atoms with van der Waals surface area (Å²) < 4.78 is 0. The van der Waals surface area contributed by atoms with Crippen LogP contribution >= 0.6 is 0 Å². The van der Waals surface area contributed by atoms with Crippen molar-refractivity contribution in [3.8, 4) is 0 Å². The molecule has 84 valence electrons. The number of benzene rings is 2. The smallest absolute Gasteiger partial charge is 0.285 e. The molecule has 3 rings (SSSR count). The Labute approximate surface area is 97.8 Å². The van der Waals surface area contributed by atoms with Gasteiger partial charge in [-0.25, -0.2) is 4.79 Å². The number of amides is 3. The maximum atomic E-state index is 11.5. The average molecular weight is 226 g/mol. The van der Waals surface area contributed by atoms with Crippen LogP contribution in [-0.2, 0) is 4.79 Å². The topological polar surface area (TPSA) is 49.4 Å². The Balaban J connectivity index is 2.06. The standard InChI is InChI=1S/C13H10N2O2/c16-12-8-15(13(17)14-12)11-6-5-9-3-1-2-4-10(9)7-11/h1-7H,8H2,(H,14,16,17). The lowest BCUT2D eigenvalue weighted by atomic mass is 10.1. The van der Waals surface area contributed by atoms with Crippen LogP contribution in [0.1, 0.15) is 0 Å². The number of carbonyl (C=O) groups is 2. The van der Waals surface area contributed by atoms with Crippen LogP contribution < -0.4 is 10.2 Å². The molecule has 0 unspecified atom stereocenters. The van der Waals surface area contributed by atoms with E-state index in [4.69, 9.17) is 0 Å². The van der Waals surface area contributed by atoms with E-state index in [1.807, 2.05) is 42.5 Å². The maximum absolute atomic E-state index is 11.5. The van der Waals surface area contributed by atoms with Crippen LogP contribution in [0, 0.1) is 0 Å². The van der Waals surface area contributed by atoms with Gasteiger partial charge in [-0.2, -0.15) is 0 Å². The molecule has 1 aliphatic heterocycles. The zero-order valence-corrected chi connectivity index (χ0v) is 9.01. The van der Waals surface area contributed by atoms with Crippen LogP contribution in [-0.4, -0.2) is 18.5 Å². The van der Waals surface area contributed by atoms with Gasteiger partial charge in [0, 0.05) is 5.69 Å². The number of urea groups is 1. The summed E-state index contributed by atoms with van der Waals surface area (Å²) in [6.07, 6.45) is 0. The molecule has 2 aromatic carbocycles. The van der Waals surface area contributed by atoms with Crippen LogP contribution in [0.15, 0.2) is 42.5 Å². The highest BCUT2D eigenvalue weighted by molar-refractivity contribution is 6.12. The first-order valence-electron chi connectivity index (χ1n) is 5.34. The van der Waals surface area contributed by atoms with Crippen molar-refractivity contribution >= 4 is 28.4 Å². The molecule has 0 atom stereocenters. The first-order chi connectivity index (χ1) is 8.24. The third-order valence-corrected chi connectivity index (χ3v) is 2.84. The van der Waals surface area contributed by atoms with Crippen molar-refractivity contribution in [1.82, 2.24) is 5.32 Å². The monoisotopic (exact) mass is 226 g/mol. The fraction of sp³-hybridized carbons (Fsp3) is 0.0769. The van der Waals surface area contributed by atoms with Crippen LogP contribution in [0.5, 0.6) is 0 Å². The number of carbonyl (C=O) groups excluding carboxylic acids is 2. The molecule has 0 bridgehead atoms. The number of anilines is 1. The minimum atomic E-state index is -0.356. The van der Waals surface area contributed by atoms with Gasteiger partial charge in [0.2, 0.25) is 5.91 Å². The van der Waals surface area contributed by atoms with Crippen LogP contribution in [0.25, 0.3) is 10.8 Å². The number of fused-ring (bicyclic) bond motifs is 1. The minimum Gasteiger partial charge on any atom is -0.285 e. The van der Waals surface area contributed by atoms with Crippen molar-refractivity contribution in [2.45, 2.75) is 0 Å². The second-order valence-electron chi connectivity index (χ2n) is 3.97. The first kappa shape index (κ1) is 9.84. The van der Waals surface area contributed by atoms with E-state index in [2.05, 4.69) is 5.32 Å². The van der Waals surface area contributed by atoms with Crippen molar-refractivity contribution in [1.29, 1.82) is 0 Å². The number of hydrogen-bond acceptors (Lipinski definition) is 2. The van der Waals surface area contributed by atoms with Gasteiger partial charge in [-0.3, -0.25) is 15.0 Å². The van der Waals surface area contributed by atoms with E-state index in [0.29, 0.717) is 0 Å². The molecule has 0 radical (unpaired) electrons. The molecule has 3 amide bonds. The molecule has 0 aliphatic carbocycles. The molecule has 4 nitrogen and oxygen atoms in total. The Bertz CT molecular complexity index is 622. The zero-order chi connectivity index (χ0) is 11.8. The van der Waals surface area contributed by atoms with Crippen LogP contribution in [0.2, 0.25) is 0 Å². The third-order valence-electron chi connectivity index (χ3n) is 2.84. The second-order valence-corrected chi connectivity index (χ2v) is 3.97. The predicted molar refractivity (Wildman–Crippen MR) is 64.8 cm³/mol. The predicted octanol–water partition coefficient (Wildman–Crippen LogP) is 1.90. The van der Waals surface area contributed by atoms with E-state index in [-0.39, 0.29) is 18.5 Å². The average Bonchev–Trinajstić information content (AvgIpc) is 2.68. The molecule has 1 N–H and O–H groups in total. The summed E-state index contributed by atoms with van der Waals surface area (Å²) >= 11 is 0. The Morgan fingerprint density at radius 1 is 1.00 bits per heavy atom. The van der Waals surface area contributed by atoms with Gasteiger partial charge < -0.3 is 0 Å². The van der Waals surface area contributed by atoms with E-state index < -0.39 is 0 Å². The summed E-state index contributed by atoms with van der Waals surface area (Å²) in [7, 11) is 0. The summed E-state index contributed by atoms with van der Waals surface area (Å²) in [6.45, 7) is 0.0944. The highest BCUT2D eigenvalue weighted by Gasteiger charge is 2.27. The summed E-state index contributed by atoms with van der Waals surface area (Å²) in [6, 6.07) is 13.2. The molecule has 1 aliphatic rings. The van der Waals surface area contributed by atoms with Gasteiger partial charge in [-0.15, -0.1) is 0 Å². The van der Waals surface area contributed by atoms with Crippen molar-refractivity contribution < 1.29 is 9.59 Å². The number of rotatable bonds is 1. The Hall–Kier alpha value is -2.36. The SMILES string of the molecule is O=C1CN(c2ccc3ccccc3c2)C(=O)N1. The fourth-order valence-electron chi connectivity index (χ4n) is 1.99. The van der Waals surface area contributed by atoms with Gasteiger partial charge in [0.15, 0.2) is 0 Å². The van der Waals surface area contributed by atoms with Gasteiger partial charge in [0.25, 0.3) is 0 Å². The lowest BCUT2D eigenvalue weighted by Crippen LogP contribution is -2.27. The Kier molecular flexibility index (Phi) is 2.08. The molecule has 17 heavy (non-hydrogen) atoms. The van der Waals surface area contributed by atoms with Crippen molar-refractivity contribution in [2.24, 2.45) is 0 Å². The number of hydrogen-bond donors (Lipinski definition) is 1. The van der Waals surface area contributed by atoms with Crippen molar-refractivity contribution in [3.63, 3.8) is 0 Å². The number of imide groups is 1. The summed E-state index contributed by atoms with van der Waals surface area (Å²) in [5, 5.41) is 4.43. The largest absolute Gasteiger partial charge is 0.329 e. The van der Waals surface area contributed by atoms with E-state index in [9.17, 15) is 9.59 Å². The second kappa shape index (κ2) is 3.59. The summed E-state index contributed by atoms with van der Waals surface area (Å²) in [5.41, 5.74) is 0.743. The van der Waals surface area contributed by atoms with E-state index in [0.717, 1.165) is 16.5 Å². The van der Waals surface area contributed by atoms with Gasteiger partial charge in [-0.05, 0) is 22.9 Å². The Morgan fingerprint density at radius 2 is 1.76 bits per heavy atom. The van der Waals surface area contributed by atoms with Gasteiger partial charge in [0.1, 0.15) is 6.54 Å². The molecule has 4 heteroatoms. The molecule has 1 saturated heterocycles. The van der Waals surface area contributed by atoms with E-state index >= 15 is 0 Å².